The quantitative estimate of drug-likeness (QED) is 0.825. The summed E-state index contributed by atoms with van der Waals surface area (Å²) in [6.45, 7) is 0.759. The summed E-state index contributed by atoms with van der Waals surface area (Å²) in [4.78, 5) is 13.9. The second-order valence-electron chi connectivity index (χ2n) is 6.81. The molecule has 2 atom stereocenters. The molecule has 6 nitrogen and oxygen atoms in total. The van der Waals surface area contributed by atoms with Crippen molar-refractivity contribution in [2.75, 3.05) is 18.6 Å². The second-order valence-corrected chi connectivity index (χ2v) is 8.97. The minimum absolute atomic E-state index is 0.0295. The zero-order chi connectivity index (χ0) is 17.8. The van der Waals surface area contributed by atoms with Crippen LogP contribution in [0.15, 0.2) is 30.3 Å². The van der Waals surface area contributed by atoms with Crippen molar-refractivity contribution >= 4 is 26.6 Å². The lowest BCUT2D eigenvalue weighted by Crippen LogP contribution is -2.40. The van der Waals surface area contributed by atoms with E-state index >= 15 is 0 Å². The number of carbonyl (C=O) groups is 1. The third kappa shape index (κ3) is 2.82. The van der Waals surface area contributed by atoms with Crippen LogP contribution in [-0.4, -0.2) is 55.1 Å². The molecule has 25 heavy (non-hydrogen) atoms. The first-order valence-corrected chi connectivity index (χ1v) is 9.97. The van der Waals surface area contributed by atoms with Crippen LogP contribution in [0.1, 0.15) is 21.5 Å². The summed E-state index contributed by atoms with van der Waals surface area (Å²) in [6, 6.07) is 9.06. The Morgan fingerprint density at radius 3 is 2.76 bits per heavy atom. The first-order chi connectivity index (χ1) is 11.9. The number of likely N-dealkylation sites (N-methyl/N-ethyl adjacent to an activating group) is 1. The fraction of sp³-hybridized carbons (Fsp3) is 0.389. The number of hydrogen-bond donors (Lipinski definition) is 1. The van der Waals surface area contributed by atoms with Crippen molar-refractivity contribution in [1.29, 1.82) is 0 Å². The van der Waals surface area contributed by atoms with E-state index < -0.39 is 22.0 Å². The van der Waals surface area contributed by atoms with Crippen molar-refractivity contribution < 1.29 is 23.1 Å². The van der Waals surface area contributed by atoms with Gasteiger partial charge in [-0.2, -0.15) is 0 Å². The molecule has 0 unspecified atom stereocenters. The second kappa shape index (κ2) is 5.79. The third-order valence-electron chi connectivity index (χ3n) is 5.08. The van der Waals surface area contributed by atoms with Crippen molar-refractivity contribution in [3.63, 3.8) is 0 Å². The van der Waals surface area contributed by atoms with Crippen molar-refractivity contribution in [2.24, 2.45) is 0 Å². The van der Waals surface area contributed by atoms with E-state index in [1.54, 1.807) is 6.07 Å². The van der Waals surface area contributed by atoms with Gasteiger partial charge in [-0.05, 0) is 29.6 Å². The number of aliphatic hydroxyl groups excluding tert-OH is 1. The van der Waals surface area contributed by atoms with E-state index in [-0.39, 0.29) is 24.1 Å². The molecule has 2 heterocycles. The standard InChI is InChI=1S/C18H19NO5S/c1-19(15-9-25(22,23)10-16(15)20)7-11-5-6-12-8-24-18(21)14-4-2-3-13(11)17(12)14/h2-6,15-16,20H,7-10H2,1H3/t15-,16-/m1/s1. The largest absolute Gasteiger partial charge is 0.457 e. The van der Waals surface area contributed by atoms with Gasteiger partial charge in [0.2, 0.25) is 0 Å². The van der Waals surface area contributed by atoms with Gasteiger partial charge in [0.15, 0.2) is 9.84 Å². The molecule has 1 fully saturated rings. The van der Waals surface area contributed by atoms with Gasteiger partial charge < -0.3 is 9.84 Å². The number of ether oxygens (including phenoxy) is 1. The number of rotatable bonds is 3. The van der Waals surface area contributed by atoms with Gasteiger partial charge >= 0.3 is 5.97 Å². The zero-order valence-electron chi connectivity index (χ0n) is 13.8. The first-order valence-electron chi connectivity index (χ1n) is 8.15. The minimum atomic E-state index is -3.19. The molecule has 7 heteroatoms. The molecule has 0 radical (unpaired) electrons. The molecule has 1 saturated heterocycles. The smallest absolute Gasteiger partial charge is 0.339 e. The molecule has 4 rings (SSSR count). The maximum atomic E-state index is 12.0. The van der Waals surface area contributed by atoms with Gasteiger partial charge in [0, 0.05) is 11.9 Å². The maximum absolute atomic E-state index is 12.0. The highest BCUT2D eigenvalue weighted by molar-refractivity contribution is 7.91. The van der Waals surface area contributed by atoms with Crippen LogP contribution in [0.5, 0.6) is 0 Å². The minimum Gasteiger partial charge on any atom is -0.457 e. The van der Waals surface area contributed by atoms with Gasteiger partial charge in [0.25, 0.3) is 0 Å². The molecule has 0 spiro atoms. The molecule has 2 aliphatic rings. The van der Waals surface area contributed by atoms with Gasteiger partial charge in [-0.3, -0.25) is 4.90 Å². The van der Waals surface area contributed by atoms with E-state index in [1.165, 1.54) is 0 Å². The molecule has 2 aliphatic heterocycles. The lowest BCUT2D eigenvalue weighted by molar-refractivity contribution is 0.0463. The average Bonchev–Trinajstić information content (AvgIpc) is 2.85. The Labute approximate surface area is 145 Å². The van der Waals surface area contributed by atoms with Crippen molar-refractivity contribution in [1.82, 2.24) is 4.90 Å². The SMILES string of the molecule is CN(Cc1ccc2c3c(cccc13)C(=O)OC2)[C@@H]1CS(=O)(=O)C[C@H]1O. The molecule has 132 valence electrons. The Kier molecular flexibility index (Phi) is 3.82. The summed E-state index contributed by atoms with van der Waals surface area (Å²) in [7, 11) is -1.37. The normalized spacial score (nSPS) is 24.7. The monoisotopic (exact) mass is 361 g/mol. The van der Waals surface area contributed by atoms with Gasteiger partial charge in [-0.1, -0.05) is 24.3 Å². The predicted molar refractivity (Wildman–Crippen MR) is 93.0 cm³/mol. The van der Waals surface area contributed by atoms with Crippen molar-refractivity contribution in [3.8, 4) is 0 Å². The fourth-order valence-electron chi connectivity index (χ4n) is 3.81. The third-order valence-corrected chi connectivity index (χ3v) is 6.77. The highest BCUT2D eigenvalue weighted by atomic mass is 32.2. The van der Waals surface area contributed by atoms with Crippen LogP contribution in [0.4, 0.5) is 0 Å². The summed E-state index contributed by atoms with van der Waals surface area (Å²) in [5, 5.41) is 11.9. The van der Waals surface area contributed by atoms with E-state index in [0.717, 1.165) is 21.9 Å². The van der Waals surface area contributed by atoms with Crippen molar-refractivity contribution in [3.05, 3.63) is 47.0 Å². The van der Waals surface area contributed by atoms with E-state index in [1.807, 2.05) is 36.2 Å². The lowest BCUT2D eigenvalue weighted by Gasteiger charge is -2.27. The van der Waals surface area contributed by atoms with E-state index in [9.17, 15) is 18.3 Å². The highest BCUT2D eigenvalue weighted by Gasteiger charge is 2.38. The van der Waals surface area contributed by atoms with Crippen LogP contribution in [0.25, 0.3) is 10.8 Å². The summed E-state index contributed by atoms with van der Waals surface area (Å²) in [6.07, 6.45) is -0.870. The molecule has 0 aromatic heterocycles. The number of cyclic esters (lactones) is 1. The molecular weight excluding hydrogens is 342 g/mol. The number of aliphatic hydroxyl groups is 1. The van der Waals surface area contributed by atoms with Crippen LogP contribution in [0.3, 0.4) is 0 Å². The highest BCUT2D eigenvalue weighted by Crippen LogP contribution is 2.32. The molecule has 0 aliphatic carbocycles. The lowest BCUT2D eigenvalue weighted by atomic mass is 9.94. The Morgan fingerprint density at radius 2 is 2.04 bits per heavy atom. The van der Waals surface area contributed by atoms with Gasteiger partial charge in [-0.25, -0.2) is 13.2 Å². The molecule has 2 aromatic carbocycles. The zero-order valence-corrected chi connectivity index (χ0v) is 14.6. The molecule has 2 aromatic rings. The van der Waals surface area contributed by atoms with E-state index in [4.69, 9.17) is 4.74 Å². The van der Waals surface area contributed by atoms with Crippen LogP contribution in [0, 0.1) is 0 Å². The summed E-state index contributed by atoms with van der Waals surface area (Å²) >= 11 is 0. The summed E-state index contributed by atoms with van der Waals surface area (Å²) < 4.78 is 28.7. The predicted octanol–water partition coefficient (Wildman–Crippen LogP) is 1.10. The summed E-state index contributed by atoms with van der Waals surface area (Å²) in [5.41, 5.74) is 2.53. The Balaban J connectivity index is 1.71. The Hall–Kier alpha value is -1.96. The van der Waals surface area contributed by atoms with Crippen LogP contribution in [-0.2, 0) is 27.7 Å². The van der Waals surface area contributed by atoms with Gasteiger partial charge in [0.1, 0.15) is 6.61 Å². The molecule has 0 bridgehead atoms. The fourth-order valence-corrected chi connectivity index (χ4v) is 5.68. The number of esters is 1. The maximum Gasteiger partial charge on any atom is 0.339 e. The van der Waals surface area contributed by atoms with Crippen LogP contribution >= 0.6 is 0 Å². The van der Waals surface area contributed by atoms with E-state index in [0.29, 0.717) is 12.1 Å². The Bertz CT molecular complexity index is 969. The van der Waals surface area contributed by atoms with Crippen molar-refractivity contribution in [2.45, 2.75) is 25.3 Å². The first kappa shape index (κ1) is 16.5. The molecule has 0 saturated carbocycles. The molecule has 1 N–H and O–H groups in total. The topological polar surface area (TPSA) is 83.9 Å². The number of hydrogen-bond acceptors (Lipinski definition) is 6. The number of sulfone groups is 1. The van der Waals surface area contributed by atoms with Crippen LogP contribution in [0.2, 0.25) is 0 Å². The molecule has 0 amide bonds. The Morgan fingerprint density at radius 1 is 1.24 bits per heavy atom. The number of benzene rings is 2. The average molecular weight is 361 g/mol. The van der Waals surface area contributed by atoms with Crippen LogP contribution < -0.4 is 0 Å². The number of nitrogens with zero attached hydrogens (tertiary/aromatic N) is 1. The molecular formula is C18H19NO5S. The number of carbonyl (C=O) groups excluding carboxylic acids is 1. The van der Waals surface area contributed by atoms with E-state index in [2.05, 4.69) is 0 Å². The van der Waals surface area contributed by atoms with Gasteiger partial charge in [0.05, 0.1) is 29.2 Å². The summed E-state index contributed by atoms with van der Waals surface area (Å²) in [5.74, 6) is -0.531. The van der Waals surface area contributed by atoms with Gasteiger partial charge in [-0.15, -0.1) is 0 Å².